The zero-order valence-corrected chi connectivity index (χ0v) is 19.5. The summed E-state index contributed by atoms with van der Waals surface area (Å²) < 4.78 is 6.42. The topological polar surface area (TPSA) is 90.3 Å². The molecule has 1 aliphatic rings. The van der Waals surface area contributed by atoms with Crippen molar-refractivity contribution < 1.29 is 14.3 Å². The van der Waals surface area contributed by atoms with E-state index in [9.17, 15) is 14.4 Å². The predicted molar refractivity (Wildman–Crippen MR) is 123 cm³/mol. The largest absolute Gasteiger partial charge is 0.465 e. The van der Waals surface area contributed by atoms with Gasteiger partial charge < -0.3 is 10.1 Å². The minimum Gasteiger partial charge on any atom is -0.465 e. The Hall–Kier alpha value is -2.35. The molecule has 1 atom stereocenters. The third kappa shape index (κ3) is 5.67. The molecule has 8 heteroatoms. The predicted octanol–water partition coefficient (Wildman–Crippen LogP) is 3.77. The highest BCUT2D eigenvalue weighted by Crippen LogP contribution is 2.25. The molecule has 0 bridgehead atoms. The molecular weight excluding hydrogens is 414 g/mol. The summed E-state index contributed by atoms with van der Waals surface area (Å²) >= 11 is 1.28. The number of benzene rings is 1. The molecule has 7 nitrogen and oxygen atoms in total. The summed E-state index contributed by atoms with van der Waals surface area (Å²) in [7, 11) is 1.31. The summed E-state index contributed by atoms with van der Waals surface area (Å²) in [5.74, 6) is -0.285. The van der Waals surface area contributed by atoms with E-state index in [0.717, 1.165) is 25.7 Å². The molecule has 0 spiro atoms. The lowest BCUT2D eigenvalue weighted by Gasteiger charge is -2.24. The second kappa shape index (κ2) is 10.3. The summed E-state index contributed by atoms with van der Waals surface area (Å²) in [5.41, 5.74) is 0.593. The average Bonchev–Trinajstić information content (AvgIpc) is 2.75. The van der Waals surface area contributed by atoms with E-state index in [1.54, 1.807) is 22.8 Å². The molecule has 168 valence electrons. The zero-order chi connectivity index (χ0) is 22.5. The van der Waals surface area contributed by atoms with Crippen LogP contribution in [0.4, 0.5) is 0 Å². The Kier molecular flexibility index (Phi) is 7.75. The maximum Gasteiger partial charge on any atom is 0.337 e. The fourth-order valence-electron chi connectivity index (χ4n) is 3.84. The van der Waals surface area contributed by atoms with Gasteiger partial charge in [0.1, 0.15) is 0 Å². The Morgan fingerprint density at radius 1 is 1.23 bits per heavy atom. The van der Waals surface area contributed by atoms with E-state index in [-0.39, 0.29) is 23.4 Å². The number of ether oxygens (including phenoxy) is 1. The number of nitrogens with one attached hydrogen (secondary N) is 1. The maximum absolute atomic E-state index is 13.2. The van der Waals surface area contributed by atoms with Gasteiger partial charge >= 0.3 is 5.97 Å². The molecular formula is C23H31N3O4S. The standard InChI is InChI=1S/C23H31N3O4S/c1-14(2)13-26-21(28)18-11-10-16(22(29)30-4)12-19(18)25-23(26)31-15(3)20(27)24-17-8-6-5-7-9-17/h10-12,14-15,17H,5-9,13H2,1-4H3,(H,24,27). The van der Waals surface area contributed by atoms with Crippen molar-refractivity contribution >= 4 is 34.5 Å². The number of carbonyl (C=O) groups is 2. The van der Waals surface area contributed by atoms with Gasteiger partial charge in [0.2, 0.25) is 5.91 Å². The number of hydrogen-bond donors (Lipinski definition) is 1. The molecule has 1 fully saturated rings. The average molecular weight is 446 g/mol. The number of esters is 1. The van der Waals surface area contributed by atoms with Crippen LogP contribution in [0.3, 0.4) is 0 Å². The third-order valence-electron chi connectivity index (χ3n) is 5.49. The molecule has 1 aliphatic carbocycles. The van der Waals surface area contributed by atoms with E-state index in [2.05, 4.69) is 10.3 Å². The first-order valence-corrected chi connectivity index (χ1v) is 11.8. The number of amides is 1. The number of hydrogen-bond acceptors (Lipinski definition) is 6. The number of thioether (sulfide) groups is 1. The first-order chi connectivity index (χ1) is 14.8. The van der Waals surface area contributed by atoms with Crippen molar-refractivity contribution in [2.24, 2.45) is 5.92 Å². The second-order valence-electron chi connectivity index (χ2n) is 8.53. The fourth-order valence-corrected chi connectivity index (χ4v) is 4.77. The maximum atomic E-state index is 13.2. The van der Waals surface area contributed by atoms with Crippen molar-refractivity contribution in [1.82, 2.24) is 14.9 Å². The lowest BCUT2D eigenvalue weighted by atomic mass is 9.95. The highest BCUT2D eigenvalue weighted by atomic mass is 32.2. The summed E-state index contributed by atoms with van der Waals surface area (Å²) in [4.78, 5) is 42.5. The van der Waals surface area contributed by atoms with Crippen LogP contribution < -0.4 is 10.9 Å². The normalized spacial score (nSPS) is 15.8. The monoisotopic (exact) mass is 445 g/mol. The van der Waals surface area contributed by atoms with E-state index in [4.69, 9.17) is 4.74 Å². The molecule has 1 amide bonds. The smallest absolute Gasteiger partial charge is 0.337 e. The quantitative estimate of drug-likeness (QED) is 0.396. The SMILES string of the molecule is COC(=O)c1ccc2c(=O)n(CC(C)C)c(SC(C)C(=O)NC3CCCCC3)nc2c1. The van der Waals surface area contributed by atoms with Gasteiger partial charge in [-0.15, -0.1) is 0 Å². The molecule has 2 aromatic rings. The van der Waals surface area contributed by atoms with Crippen LogP contribution in [0.1, 0.15) is 63.2 Å². The van der Waals surface area contributed by atoms with Gasteiger partial charge in [-0.05, 0) is 43.9 Å². The van der Waals surface area contributed by atoms with E-state index in [1.165, 1.54) is 25.3 Å². The molecule has 3 rings (SSSR count). The molecule has 1 N–H and O–H groups in total. The Labute approximate surface area is 187 Å². The number of aromatic nitrogens is 2. The number of fused-ring (bicyclic) bond motifs is 1. The summed E-state index contributed by atoms with van der Waals surface area (Å²) in [6.45, 7) is 6.40. The highest BCUT2D eigenvalue weighted by molar-refractivity contribution is 8.00. The molecule has 0 aliphatic heterocycles. The van der Waals surface area contributed by atoms with E-state index in [0.29, 0.717) is 28.2 Å². The molecule has 31 heavy (non-hydrogen) atoms. The molecule has 0 saturated heterocycles. The van der Waals surface area contributed by atoms with Gasteiger partial charge in [0.05, 0.1) is 28.8 Å². The van der Waals surface area contributed by atoms with Gasteiger partial charge in [-0.1, -0.05) is 44.9 Å². The van der Waals surface area contributed by atoms with Gasteiger partial charge in [-0.25, -0.2) is 9.78 Å². The Bertz CT molecular complexity index is 1010. The van der Waals surface area contributed by atoms with Crippen LogP contribution in [-0.4, -0.2) is 39.8 Å². The molecule has 1 heterocycles. The molecule has 1 aromatic carbocycles. The van der Waals surface area contributed by atoms with Gasteiger partial charge in [0.25, 0.3) is 5.56 Å². The van der Waals surface area contributed by atoms with E-state index < -0.39 is 11.2 Å². The van der Waals surface area contributed by atoms with Crippen LogP contribution in [0.25, 0.3) is 10.9 Å². The van der Waals surface area contributed by atoms with Gasteiger partial charge in [0, 0.05) is 12.6 Å². The van der Waals surface area contributed by atoms with Crippen LogP contribution in [0.5, 0.6) is 0 Å². The zero-order valence-electron chi connectivity index (χ0n) is 18.6. The third-order valence-corrected chi connectivity index (χ3v) is 6.58. The number of methoxy groups -OCH3 is 1. The molecule has 1 aromatic heterocycles. The fraction of sp³-hybridized carbons (Fsp3) is 0.565. The Balaban J connectivity index is 1.92. The van der Waals surface area contributed by atoms with Crippen molar-refractivity contribution in [1.29, 1.82) is 0 Å². The van der Waals surface area contributed by atoms with Crippen molar-refractivity contribution in [3.63, 3.8) is 0 Å². The minimum absolute atomic E-state index is 0.0364. The number of nitrogens with zero attached hydrogens (tertiary/aromatic N) is 2. The summed E-state index contributed by atoms with van der Waals surface area (Å²) in [5, 5.41) is 3.68. The van der Waals surface area contributed by atoms with Crippen LogP contribution in [0.15, 0.2) is 28.2 Å². The van der Waals surface area contributed by atoms with E-state index in [1.807, 2.05) is 20.8 Å². The summed E-state index contributed by atoms with van der Waals surface area (Å²) in [6, 6.07) is 4.99. The molecule has 1 unspecified atom stereocenters. The minimum atomic E-state index is -0.482. The molecule has 1 saturated carbocycles. The van der Waals surface area contributed by atoms with Gasteiger partial charge in [-0.2, -0.15) is 0 Å². The summed E-state index contributed by atoms with van der Waals surface area (Å²) in [6.07, 6.45) is 5.56. The van der Waals surface area contributed by atoms with Crippen LogP contribution >= 0.6 is 11.8 Å². The first kappa shape index (κ1) is 23.3. The van der Waals surface area contributed by atoms with Gasteiger partial charge in [-0.3, -0.25) is 14.2 Å². The van der Waals surface area contributed by atoms with Crippen LogP contribution in [0.2, 0.25) is 0 Å². The highest BCUT2D eigenvalue weighted by Gasteiger charge is 2.23. The van der Waals surface area contributed by atoms with Crippen molar-refractivity contribution in [3.05, 3.63) is 34.1 Å². The van der Waals surface area contributed by atoms with Gasteiger partial charge in [0.15, 0.2) is 5.16 Å². The van der Waals surface area contributed by atoms with E-state index >= 15 is 0 Å². The van der Waals surface area contributed by atoms with Crippen molar-refractivity contribution in [2.45, 2.75) is 75.9 Å². The van der Waals surface area contributed by atoms with Crippen molar-refractivity contribution in [3.8, 4) is 0 Å². The van der Waals surface area contributed by atoms with Crippen molar-refractivity contribution in [2.75, 3.05) is 7.11 Å². The lowest BCUT2D eigenvalue weighted by molar-refractivity contribution is -0.121. The Morgan fingerprint density at radius 3 is 2.58 bits per heavy atom. The molecule has 0 radical (unpaired) electrons. The number of carbonyl (C=O) groups excluding carboxylic acids is 2. The van der Waals surface area contributed by atoms with Crippen LogP contribution in [0, 0.1) is 5.92 Å². The Morgan fingerprint density at radius 2 is 1.94 bits per heavy atom. The lowest BCUT2D eigenvalue weighted by Crippen LogP contribution is -2.40. The second-order valence-corrected chi connectivity index (χ2v) is 9.84. The number of rotatable bonds is 7. The van der Waals surface area contributed by atoms with Crippen LogP contribution in [-0.2, 0) is 16.1 Å². The first-order valence-electron chi connectivity index (χ1n) is 10.9.